The van der Waals surface area contributed by atoms with E-state index in [2.05, 4.69) is 22.2 Å². The fraction of sp³-hybridized carbons (Fsp3) is 0.684. The topological polar surface area (TPSA) is 57.7 Å². The van der Waals surface area contributed by atoms with Gasteiger partial charge in [-0.1, -0.05) is 12.8 Å². The molecule has 1 aromatic heterocycles. The summed E-state index contributed by atoms with van der Waals surface area (Å²) in [5.41, 5.74) is 2.87. The molecule has 3 rings (SSSR count). The van der Waals surface area contributed by atoms with Gasteiger partial charge >= 0.3 is 0 Å². The largest absolute Gasteiger partial charge is 0.388 e. The Hall–Kier alpha value is -1.66. The number of morpholine rings is 1. The molecule has 25 heavy (non-hydrogen) atoms. The first kappa shape index (κ1) is 18.1. The van der Waals surface area contributed by atoms with Crippen molar-refractivity contribution in [1.82, 2.24) is 14.8 Å². The summed E-state index contributed by atoms with van der Waals surface area (Å²) in [6, 6.07) is 4.58. The van der Waals surface area contributed by atoms with Crippen LogP contribution >= 0.6 is 0 Å². The van der Waals surface area contributed by atoms with Crippen LogP contribution in [0.5, 0.6) is 0 Å². The summed E-state index contributed by atoms with van der Waals surface area (Å²) in [6.07, 6.45) is 4.86. The second kappa shape index (κ2) is 8.15. The quantitative estimate of drug-likeness (QED) is 0.886. The molecule has 1 aromatic rings. The van der Waals surface area contributed by atoms with Gasteiger partial charge in [-0.2, -0.15) is 0 Å². The third kappa shape index (κ3) is 4.50. The Morgan fingerprint density at radius 3 is 2.88 bits per heavy atom. The number of ether oxygens (including phenoxy) is 1. The van der Waals surface area contributed by atoms with E-state index in [4.69, 9.17) is 4.74 Å². The number of nitrogens with zero attached hydrogens (tertiary/aromatic N) is 3. The molecule has 0 unspecified atom stereocenters. The van der Waals surface area contributed by atoms with Crippen molar-refractivity contribution in [2.24, 2.45) is 0 Å². The molecule has 1 aliphatic carbocycles. The maximum atomic E-state index is 12.7. The number of amides is 1. The predicted octanol–water partition coefficient (Wildman–Crippen LogP) is 2.21. The van der Waals surface area contributed by atoms with Crippen molar-refractivity contribution in [1.29, 1.82) is 0 Å². The lowest BCUT2D eigenvalue weighted by Crippen LogP contribution is -2.47. The summed E-state index contributed by atoms with van der Waals surface area (Å²) in [5.74, 6) is 0.198. The minimum absolute atomic E-state index is 0.151. The van der Waals surface area contributed by atoms with Crippen LogP contribution in [-0.2, 0) is 9.53 Å². The van der Waals surface area contributed by atoms with Gasteiger partial charge in [0, 0.05) is 31.0 Å². The van der Waals surface area contributed by atoms with Crippen molar-refractivity contribution in [3.8, 4) is 0 Å². The lowest BCUT2D eigenvalue weighted by Gasteiger charge is -2.34. The van der Waals surface area contributed by atoms with Crippen LogP contribution in [0.3, 0.4) is 0 Å². The Morgan fingerprint density at radius 2 is 2.16 bits per heavy atom. The van der Waals surface area contributed by atoms with E-state index in [0.717, 1.165) is 17.1 Å². The number of rotatable bonds is 5. The molecule has 1 N–H and O–H groups in total. The molecule has 1 aliphatic heterocycles. The number of carbonyl (C=O) groups is 1. The molecule has 0 bridgehead atoms. The molecule has 2 heterocycles. The zero-order valence-electron chi connectivity index (χ0n) is 15.6. The third-order valence-electron chi connectivity index (χ3n) is 5.34. The molecule has 1 saturated heterocycles. The zero-order chi connectivity index (χ0) is 17.8. The number of aromatic nitrogens is 1. The number of nitrogens with one attached hydrogen (secondary N) is 1. The first-order valence-corrected chi connectivity index (χ1v) is 9.33. The highest BCUT2D eigenvalue weighted by molar-refractivity contribution is 5.78. The molecule has 6 nitrogen and oxygen atoms in total. The Balaban J connectivity index is 1.62. The van der Waals surface area contributed by atoms with Crippen LogP contribution in [-0.4, -0.2) is 67.1 Å². The smallest absolute Gasteiger partial charge is 0.236 e. The molecule has 1 amide bonds. The second-order valence-electron chi connectivity index (χ2n) is 7.22. The summed E-state index contributed by atoms with van der Waals surface area (Å²) in [4.78, 5) is 21.5. The van der Waals surface area contributed by atoms with Gasteiger partial charge in [0.1, 0.15) is 6.10 Å². The second-order valence-corrected chi connectivity index (χ2v) is 7.22. The van der Waals surface area contributed by atoms with E-state index in [-0.39, 0.29) is 12.0 Å². The van der Waals surface area contributed by atoms with E-state index in [9.17, 15) is 4.79 Å². The molecule has 0 aromatic carbocycles. The molecule has 6 heteroatoms. The summed E-state index contributed by atoms with van der Waals surface area (Å²) in [6.45, 7) is 4.29. The van der Waals surface area contributed by atoms with Crippen molar-refractivity contribution in [2.75, 3.05) is 45.7 Å². The Bertz CT molecular complexity index is 601. The highest BCUT2D eigenvalue weighted by atomic mass is 16.5. The van der Waals surface area contributed by atoms with Gasteiger partial charge in [0.2, 0.25) is 5.91 Å². The van der Waals surface area contributed by atoms with E-state index in [1.54, 1.807) is 0 Å². The highest BCUT2D eigenvalue weighted by Gasteiger charge is 2.29. The SMILES string of the molecule is CNc1cc(C)nc([C@H]2CN(C(=O)CN(C)C3CCCC3)CCO2)c1. The lowest BCUT2D eigenvalue weighted by atomic mass is 10.1. The van der Waals surface area contributed by atoms with Crippen LogP contribution in [0.1, 0.15) is 43.2 Å². The van der Waals surface area contributed by atoms with Gasteiger partial charge in [-0.3, -0.25) is 14.7 Å². The fourth-order valence-corrected chi connectivity index (χ4v) is 3.85. The van der Waals surface area contributed by atoms with Crippen molar-refractivity contribution in [3.05, 3.63) is 23.5 Å². The molecular weight excluding hydrogens is 316 g/mol. The predicted molar refractivity (Wildman–Crippen MR) is 98.7 cm³/mol. The van der Waals surface area contributed by atoms with Gasteiger partial charge in [-0.05, 0) is 38.9 Å². The van der Waals surface area contributed by atoms with Gasteiger partial charge in [-0.25, -0.2) is 0 Å². The molecule has 1 saturated carbocycles. The summed E-state index contributed by atoms with van der Waals surface area (Å²) >= 11 is 0. The standard InChI is InChI=1S/C19H30N4O2/c1-14-10-15(20-2)11-17(21-14)18-12-23(8-9-25-18)19(24)13-22(3)16-6-4-5-7-16/h10-11,16,18H,4-9,12-13H2,1-3H3,(H,20,21)/t18-/m1/s1. The summed E-state index contributed by atoms with van der Waals surface area (Å²) in [5, 5.41) is 3.16. The molecular formula is C19H30N4O2. The van der Waals surface area contributed by atoms with Gasteiger partial charge in [0.15, 0.2) is 0 Å². The van der Waals surface area contributed by atoms with E-state index >= 15 is 0 Å². The molecule has 0 spiro atoms. The van der Waals surface area contributed by atoms with Crippen LogP contribution in [0.25, 0.3) is 0 Å². The average molecular weight is 346 g/mol. The van der Waals surface area contributed by atoms with Crippen LogP contribution in [0.4, 0.5) is 5.69 Å². The van der Waals surface area contributed by atoms with E-state index in [0.29, 0.717) is 32.3 Å². The van der Waals surface area contributed by atoms with E-state index in [1.165, 1.54) is 25.7 Å². The van der Waals surface area contributed by atoms with Gasteiger partial charge < -0.3 is 15.0 Å². The maximum absolute atomic E-state index is 12.7. The molecule has 2 aliphatic rings. The van der Waals surface area contributed by atoms with E-state index in [1.807, 2.05) is 31.0 Å². The number of carbonyl (C=O) groups excluding carboxylic acids is 1. The monoisotopic (exact) mass is 346 g/mol. The number of aryl methyl sites for hydroxylation is 1. The number of likely N-dealkylation sites (N-methyl/N-ethyl adjacent to an activating group) is 1. The summed E-state index contributed by atoms with van der Waals surface area (Å²) < 4.78 is 5.91. The van der Waals surface area contributed by atoms with Crippen molar-refractivity contribution >= 4 is 11.6 Å². The Morgan fingerprint density at radius 1 is 1.40 bits per heavy atom. The minimum atomic E-state index is -0.151. The number of anilines is 1. The molecule has 2 fully saturated rings. The van der Waals surface area contributed by atoms with Gasteiger partial charge in [0.25, 0.3) is 0 Å². The number of pyridine rings is 1. The first-order chi connectivity index (χ1) is 12.1. The van der Waals surface area contributed by atoms with Crippen LogP contribution < -0.4 is 5.32 Å². The van der Waals surface area contributed by atoms with E-state index < -0.39 is 0 Å². The normalized spacial score (nSPS) is 21.8. The molecule has 138 valence electrons. The summed E-state index contributed by atoms with van der Waals surface area (Å²) in [7, 11) is 3.97. The number of hydrogen-bond donors (Lipinski definition) is 1. The van der Waals surface area contributed by atoms with Gasteiger partial charge in [0.05, 0.1) is 25.4 Å². The highest BCUT2D eigenvalue weighted by Crippen LogP contribution is 2.25. The van der Waals surface area contributed by atoms with Crippen LogP contribution in [0.2, 0.25) is 0 Å². The lowest BCUT2D eigenvalue weighted by molar-refractivity contribution is -0.140. The van der Waals surface area contributed by atoms with Crippen molar-refractivity contribution in [2.45, 2.75) is 44.8 Å². The first-order valence-electron chi connectivity index (χ1n) is 9.33. The van der Waals surface area contributed by atoms with Crippen molar-refractivity contribution in [3.63, 3.8) is 0 Å². The Kier molecular flexibility index (Phi) is 5.91. The minimum Gasteiger partial charge on any atom is -0.388 e. The fourth-order valence-electron chi connectivity index (χ4n) is 3.85. The zero-order valence-corrected chi connectivity index (χ0v) is 15.6. The van der Waals surface area contributed by atoms with Crippen LogP contribution in [0.15, 0.2) is 12.1 Å². The van der Waals surface area contributed by atoms with Crippen LogP contribution in [0, 0.1) is 6.92 Å². The molecule has 1 atom stereocenters. The molecule has 0 radical (unpaired) electrons. The Labute approximate surface area is 150 Å². The van der Waals surface area contributed by atoms with Crippen molar-refractivity contribution < 1.29 is 9.53 Å². The maximum Gasteiger partial charge on any atom is 0.236 e. The van der Waals surface area contributed by atoms with Gasteiger partial charge in [-0.15, -0.1) is 0 Å². The average Bonchev–Trinajstić information content (AvgIpc) is 3.16. The third-order valence-corrected chi connectivity index (χ3v) is 5.34. The number of hydrogen-bond acceptors (Lipinski definition) is 5.